The van der Waals surface area contributed by atoms with E-state index in [1.807, 2.05) is 18.7 Å². The first kappa shape index (κ1) is 27.4. The molecule has 1 fully saturated rings. The molecule has 0 saturated carbocycles. The highest BCUT2D eigenvalue weighted by molar-refractivity contribution is 7.90. The fourth-order valence-corrected chi connectivity index (χ4v) is 6.03. The van der Waals surface area contributed by atoms with E-state index in [0.29, 0.717) is 6.54 Å². The monoisotopic (exact) mass is 545 g/mol. The standard InChI is InChI=1S/C26H29F2N5O4S/c1-15-12-26(2,3)33(14-15)24-17(25(34)32-38(35,36)22-6-5-9-30-20(22)13-29)7-8-19(31-24)16-10-18(27)23(28)21(11-16)37-4/h5-11,15H,12-14,29H2,1-4H3,(H,32,34)/t15-/m0/s1. The van der Waals surface area contributed by atoms with E-state index < -0.39 is 33.1 Å². The third-order valence-electron chi connectivity index (χ3n) is 6.52. The molecule has 0 spiro atoms. The summed E-state index contributed by atoms with van der Waals surface area (Å²) in [6, 6.07) is 7.91. The largest absolute Gasteiger partial charge is 0.494 e. The first-order valence-corrected chi connectivity index (χ1v) is 13.4. The van der Waals surface area contributed by atoms with E-state index in [1.165, 1.54) is 43.6 Å². The van der Waals surface area contributed by atoms with Crippen LogP contribution in [0.25, 0.3) is 11.3 Å². The molecule has 9 nitrogen and oxygen atoms in total. The van der Waals surface area contributed by atoms with E-state index >= 15 is 0 Å². The Kier molecular flexibility index (Phi) is 7.39. The topological polar surface area (TPSA) is 128 Å². The Morgan fingerprint density at radius 3 is 2.63 bits per heavy atom. The number of hydrogen-bond acceptors (Lipinski definition) is 8. The van der Waals surface area contributed by atoms with Gasteiger partial charge in [0.05, 0.1) is 24.1 Å². The normalized spacial score (nSPS) is 16.9. The van der Waals surface area contributed by atoms with Crippen LogP contribution in [0.5, 0.6) is 5.75 Å². The van der Waals surface area contributed by atoms with Gasteiger partial charge in [0, 0.05) is 30.4 Å². The molecule has 1 amide bonds. The van der Waals surface area contributed by atoms with Crippen LogP contribution in [0.15, 0.2) is 47.5 Å². The second-order valence-corrected chi connectivity index (χ2v) is 11.5. The third kappa shape index (κ3) is 5.18. The molecule has 0 bridgehead atoms. The highest BCUT2D eigenvalue weighted by Crippen LogP contribution is 2.39. The maximum Gasteiger partial charge on any atom is 0.268 e. The smallest absolute Gasteiger partial charge is 0.268 e. The van der Waals surface area contributed by atoms with Gasteiger partial charge in [-0.15, -0.1) is 0 Å². The second-order valence-electron chi connectivity index (χ2n) is 9.86. The zero-order valence-corrected chi connectivity index (χ0v) is 22.3. The van der Waals surface area contributed by atoms with Crippen molar-refractivity contribution in [3.05, 3.63) is 65.5 Å². The molecule has 1 aliphatic heterocycles. The molecular formula is C26H29F2N5O4S. The minimum atomic E-state index is -4.31. The molecule has 3 heterocycles. The number of amides is 1. The number of benzene rings is 1. The first-order valence-electron chi connectivity index (χ1n) is 11.9. The van der Waals surface area contributed by atoms with Crippen LogP contribution in [0.3, 0.4) is 0 Å². The van der Waals surface area contributed by atoms with Gasteiger partial charge < -0.3 is 15.4 Å². The third-order valence-corrected chi connectivity index (χ3v) is 7.92. The number of nitrogens with two attached hydrogens (primary N) is 1. The predicted molar refractivity (Wildman–Crippen MR) is 138 cm³/mol. The van der Waals surface area contributed by atoms with E-state index in [9.17, 15) is 22.0 Å². The van der Waals surface area contributed by atoms with Crippen LogP contribution in [-0.4, -0.2) is 43.5 Å². The van der Waals surface area contributed by atoms with Gasteiger partial charge in [-0.05, 0) is 62.6 Å². The van der Waals surface area contributed by atoms with Crippen molar-refractivity contribution >= 4 is 21.7 Å². The number of rotatable bonds is 7. The number of pyridine rings is 2. The van der Waals surface area contributed by atoms with E-state index in [-0.39, 0.29) is 51.4 Å². The lowest BCUT2D eigenvalue weighted by atomic mass is 9.97. The molecule has 1 saturated heterocycles. The fourth-order valence-electron chi connectivity index (χ4n) is 4.87. The summed E-state index contributed by atoms with van der Waals surface area (Å²) < 4.78 is 61.5. The van der Waals surface area contributed by atoms with Gasteiger partial charge in [0.25, 0.3) is 15.9 Å². The average molecular weight is 546 g/mol. The summed E-state index contributed by atoms with van der Waals surface area (Å²) in [6.07, 6.45) is 2.21. The van der Waals surface area contributed by atoms with Crippen LogP contribution < -0.4 is 20.1 Å². The zero-order chi connectivity index (χ0) is 27.8. The van der Waals surface area contributed by atoms with Gasteiger partial charge in [0.2, 0.25) is 5.82 Å². The van der Waals surface area contributed by atoms with Crippen LogP contribution in [-0.2, 0) is 16.6 Å². The Morgan fingerprint density at radius 2 is 2.00 bits per heavy atom. The van der Waals surface area contributed by atoms with Crippen LogP contribution in [0.4, 0.5) is 14.6 Å². The summed E-state index contributed by atoms with van der Waals surface area (Å²) in [6.45, 7) is 6.47. The lowest BCUT2D eigenvalue weighted by molar-refractivity contribution is 0.0981. The zero-order valence-electron chi connectivity index (χ0n) is 21.5. The molecule has 202 valence electrons. The van der Waals surface area contributed by atoms with Crippen LogP contribution in [0.2, 0.25) is 0 Å². The second kappa shape index (κ2) is 10.3. The van der Waals surface area contributed by atoms with Crippen molar-refractivity contribution in [2.24, 2.45) is 11.7 Å². The number of carbonyl (C=O) groups is 1. The Bertz CT molecular complexity index is 1500. The number of sulfonamides is 1. The lowest BCUT2D eigenvalue weighted by Crippen LogP contribution is -2.41. The molecule has 4 rings (SSSR count). The summed E-state index contributed by atoms with van der Waals surface area (Å²) in [7, 11) is -3.08. The maximum absolute atomic E-state index is 14.3. The van der Waals surface area contributed by atoms with Crippen molar-refractivity contribution in [3.8, 4) is 17.0 Å². The van der Waals surface area contributed by atoms with E-state index in [2.05, 4.69) is 21.6 Å². The number of carbonyl (C=O) groups excluding carboxylic acids is 1. The Morgan fingerprint density at radius 1 is 1.26 bits per heavy atom. The molecule has 1 atom stereocenters. The number of hydrogen-bond donors (Lipinski definition) is 2. The van der Waals surface area contributed by atoms with Crippen LogP contribution in [0, 0.1) is 17.6 Å². The summed E-state index contributed by atoms with van der Waals surface area (Å²) in [5.74, 6) is -2.94. The number of halogens is 2. The highest BCUT2D eigenvalue weighted by Gasteiger charge is 2.39. The average Bonchev–Trinajstić information content (AvgIpc) is 3.16. The molecule has 12 heteroatoms. The maximum atomic E-state index is 14.3. The summed E-state index contributed by atoms with van der Waals surface area (Å²) in [4.78, 5) is 23.8. The summed E-state index contributed by atoms with van der Waals surface area (Å²) in [5.41, 5.74) is 5.83. The van der Waals surface area contributed by atoms with Crippen molar-refractivity contribution in [2.75, 3.05) is 18.6 Å². The SMILES string of the molecule is COc1cc(-c2ccc(C(=O)NS(=O)(=O)c3cccnc3CN)c(N3C[C@@H](C)CC3(C)C)n2)cc(F)c1F. The van der Waals surface area contributed by atoms with E-state index in [1.54, 1.807) is 0 Å². The van der Waals surface area contributed by atoms with Crippen LogP contribution in [0.1, 0.15) is 43.2 Å². The molecule has 0 unspecified atom stereocenters. The predicted octanol–water partition coefficient (Wildman–Crippen LogP) is 3.63. The number of nitrogens with one attached hydrogen (secondary N) is 1. The van der Waals surface area contributed by atoms with Crippen LogP contribution >= 0.6 is 0 Å². The summed E-state index contributed by atoms with van der Waals surface area (Å²) in [5, 5.41) is 0. The van der Waals surface area contributed by atoms with Crippen molar-refractivity contribution in [1.82, 2.24) is 14.7 Å². The van der Waals surface area contributed by atoms with E-state index in [0.717, 1.165) is 12.5 Å². The van der Waals surface area contributed by atoms with Crippen molar-refractivity contribution < 1.29 is 26.7 Å². The quantitative estimate of drug-likeness (QED) is 0.461. The molecule has 3 aromatic rings. The number of nitrogens with zero attached hydrogens (tertiary/aromatic N) is 3. The number of ether oxygens (including phenoxy) is 1. The first-order chi connectivity index (χ1) is 17.9. The van der Waals surface area contributed by atoms with Gasteiger partial charge in [-0.1, -0.05) is 6.92 Å². The number of methoxy groups -OCH3 is 1. The van der Waals surface area contributed by atoms with Gasteiger partial charge in [-0.2, -0.15) is 4.39 Å². The van der Waals surface area contributed by atoms with Gasteiger partial charge >= 0.3 is 0 Å². The number of anilines is 1. The van der Waals surface area contributed by atoms with Gasteiger partial charge in [-0.25, -0.2) is 22.5 Å². The Labute approximate surface area is 220 Å². The molecule has 3 N–H and O–H groups in total. The number of aromatic nitrogens is 2. The van der Waals surface area contributed by atoms with Gasteiger partial charge in [-0.3, -0.25) is 9.78 Å². The highest BCUT2D eigenvalue weighted by atomic mass is 32.2. The molecule has 1 aromatic carbocycles. The van der Waals surface area contributed by atoms with Crippen molar-refractivity contribution in [3.63, 3.8) is 0 Å². The van der Waals surface area contributed by atoms with Crippen molar-refractivity contribution in [2.45, 2.75) is 44.2 Å². The van der Waals surface area contributed by atoms with Crippen molar-refractivity contribution in [1.29, 1.82) is 0 Å². The Hall–Kier alpha value is -3.64. The van der Waals surface area contributed by atoms with Gasteiger partial charge in [0.1, 0.15) is 10.7 Å². The molecule has 1 aliphatic rings. The molecule has 38 heavy (non-hydrogen) atoms. The Balaban J connectivity index is 1.81. The molecule has 0 aliphatic carbocycles. The molecule has 0 radical (unpaired) electrons. The lowest BCUT2D eigenvalue weighted by Gasteiger charge is -2.34. The minimum Gasteiger partial charge on any atom is -0.494 e. The van der Waals surface area contributed by atoms with Gasteiger partial charge in [0.15, 0.2) is 11.6 Å². The minimum absolute atomic E-state index is 0.00670. The molecular weight excluding hydrogens is 516 g/mol. The summed E-state index contributed by atoms with van der Waals surface area (Å²) >= 11 is 0. The van der Waals surface area contributed by atoms with E-state index in [4.69, 9.17) is 10.5 Å². The molecule has 2 aromatic heterocycles. The fraction of sp³-hybridized carbons (Fsp3) is 0.346.